The summed E-state index contributed by atoms with van der Waals surface area (Å²) in [4.78, 5) is 8.44. The van der Waals surface area contributed by atoms with Crippen LogP contribution in [0.3, 0.4) is 0 Å². The topological polar surface area (TPSA) is 77.0 Å². The van der Waals surface area contributed by atoms with Crippen molar-refractivity contribution in [3.8, 4) is 0 Å². The maximum absolute atomic E-state index is 13.9. The number of piperazine rings is 1. The third-order valence-electron chi connectivity index (χ3n) is 3.99. The van der Waals surface area contributed by atoms with Gasteiger partial charge in [0, 0.05) is 46.3 Å². The molecule has 0 saturated carbocycles. The van der Waals surface area contributed by atoms with Gasteiger partial charge in [0.15, 0.2) is 5.96 Å². The Hall–Kier alpha value is -1.87. The predicted molar refractivity (Wildman–Crippen MR) is 99.0 cm³/mol. The lowest BCUT2D eigenvalue weighted by molar-refractivity contribution is 0.370. The molecule has 0 amide bonds. The molecule has 2 N–H and O–H groups in total. The zero-order chi connectivity index (χ0) is 18.3. The van der Waals surface area contributed by atoms with Crippen molar-refractivity contribution in [1.29, 1.82) is 0 Å². The molecule has 0 aliphatic carbocycles. The van der Waals surface area contributed by atoms with Crippen LogP contribution in [0, 0.1) is 5.82 Å². The average molecular weight is 371 g/mol. The van der Waals surface area contributed by atoms with Crippen molar-refractivity contribution in [3.63, 3.8) is 0 Å². The Balaban J connectivity index is 1.77. The van der Waals surface area contributed by atoms with Crippen molar-refractivity contribution in [2.75, 3.05) is 57.5 Å². The third-order valence-corrected chi connectivity index (χ3v) is 4.71. The number of aliphatic imine (C=N–C) groups is 1. The molecule has 0 spiro atoms. The van der Waals surface area contributed by atoms with E-state index in [2.05, 4.69) is 19.9 Å². The Morgan fingerprint density at radius 1 is 1.20 bits per heavy atom. The third kappa shape index (κ3) is 6.17. The molecule has 1 fully saturated rings. The minimum atomic E-state index is -3.14. The first-order valence-corrected chi connectivity index (χ1v) is 10.2. The summed E-state index contributed by atoms with van der Waals surface area (Å²) in [6, 6.07) is 6.81. The first-order chi connectivity index (χ1) is 11.9. The smallest absolute Gasteiger partial charge is 0.208 e. The normalized spacial score (nSPS) is 16.2. The maximum atomic E-state index is 13.9. The number of nitrogens with zero attached hydrogens (tertiary/aromatic N) is 3. The van der Waals surface area contributed by atoms with Crippen molar-refractivity contribution >= 4 is 21.7 Å². The van der Waals surface area contributed by atoms with Gasteiger partial charge in [0.25, 0.3) is 0 Å². The van der Waals surface area contributed by atoms with Crippen LogP contribution < -0.4 is 14.9 Å². The van der Waals surface area contributed by atoms with Gasteiger partial charge in [0.05, 0.1) is 11.9 Å². The van der Waals surface area contributed by atoms with E-state index in [4.69, 9.17) is 0 Å². The summed E-state index contributed by atoms with van der Waals surface area (Å²) in [5.41, 5.74) is 0.636. The van der Waals surface area contributed by atoms with Crippen molar-refractivity contribution in [2.45, 2.75) is 6.42 Å². The molecule has 0 radical (unpaired) electrons. The molecule has 1 heterocycles. The molecular formula is C16H26FN5O2S. The first kappa shape index (κ1) is 19.5. The lowest BCUT2D eigenvalue weighted by Gasteiger charge is -2.37. The fourth-order valence-electron chi connectivity index (χ4n) is 2.75. The number of guanidine groups is 1. The number of anilines is 1. The zero-order valence-corrected chi connectivity index (χ0v) is 15.5. The van der Waals surface area contributed by atoms with Crippen LogP contribution in [0.2, 0.25) is 0 Å². The Bertz CT molecular complexity index is 688. The minimum Gasteiger partial charge on any atom is -0.366 e. The Kier molecular flexibility index (Phi) is 7.01. The van der Waals surface area contributed by atoms with E-state index in [0.29, 0.717) is 25.2 Å². The van der Waals surface area contributed by atoms with E-state index in [1.54, 1.807) is 19.2 Å². The van der Waals surface area contributed by atoms with Gasteiger partial charge in [-0.25, -0.2) is 17.5 Å². The number of para-hydroxylation sites is 1. The number of rotatable bonds is 6. The fourth-order valence-corrected chi connectivity index (χ4v) is 3.26. The van der Waals surface area contributed by atoms with Gasteiger partial charge in [-0.15, -0.1) is 0 Å². The van der Waals surface area contributed by atoms with Gasteiger partial charge >= 0.3 is 0 Å². The SMILES string of the molecule is CN=C(NCCCNS(C)(=O)=O)N1CCN(c2ccccc2F)CC1. The first-order valence-electron chi connectivity index (χ1n) is 8.30. The molecular weight excluding hydrogens is 345 g/mol. The molecule has 9 heteroatoms. The molecule has 0 atom stereocenters. The highest BCUT2D eigenvalue weighted by Crippen LogP contribution is 2.20. The average Bonchev–Trinajstić information content (AvgIpc) is 2.58. The van der Waals surface area contributed by atoms with E-state index in [9.17, 15) is 12.8 Å². The summed E-state index contributed by atoms with van der Waals surface area (Å²) in [5, 5.41) is 3.24. The Morgan fingerprint density at radius 3 is 2.48 bits per heavy atom. The van der Waals surface area contributed by atoms with E-state index in [1.165, 1.54) is 6.07 Å². The Morgan fingerprint density at radius 2 is 1.88 bits per heavy atom. The lowest BCUT2D eigenvalue weighted by Crippen LogP contribution is -2.53. The Labute approximate surface area is 149 Å². The monoisotopic (exact) mass is 371 g/mol. The molecule has 1 aliphatic heterocycles. The summed E-state index contributed by atoms with van der Waals surface area (Å²) < 4.78 is 38.4. The molecule has 1 aromatic carbocycles. The highest BCUT2D eigenvalue weighted by atomic mass is 32.2. The summed E-state index contributed by atoms with van der Waals surface area (Å²) in [6.45, 7) is 3.95. The van der Waals surface area contributed by atoms with Crippen LogP contribution in [0.4, 0.5) is 10.1 Å². The van der Waals surface area contributed by atoms with Crippen LogP contribution >= 0.6 is 0 Å². The fraction of sp³-hybridized carbons (Fsp3) is 0.562. The van der Waals surface area contributed by atoms with Gasteiger partial charge in [-0.3, -0.25) is 4.99 Å². The standard InChI is InChI=1S/C16H26FN5O2S/c1-18-16(19-8-5-9-20-25(2,23)24)22-12-10-21(11-13-22)15-7-4-3-6-14(15)17/h3-4,6-7,20H,5,8-13H2,1-2H3,(H,18,19). The molecule has 0 aromatic heterocycles. The molecule has 0 bridgehead atoms. The second-order valence-electron chi connectivity index (χ2n) is 5.92. The van der Waals surface area contributed by atoms with Crippen molar-refractivity contribution in [1.82, 2.24) is 14.9 Å². The number of benzene rings is 1. The van der Waals surface area contributed by atoms with Crippen LogP contribution in [0.25, 0.3) is 0 Å². The summed E-state index contributed by atoms with van der Waals surface area (Å²) >= 11 is 0. The zero-order valence-electron chi connectivity index (χ0n) is 14.7. The van der Waals surface area contributed by atoms with Gasteiger partial charge in [0.1, 0.15) is 5.82 Å². The summed E-state index contributed by atoms with van der Waals surface area (Å²) in [7, 11) is -1.42. The van der Waals surface area contributed by atoms with E-state index in [1.807, 2.05) is 11.0 Å². The lowest BCUT2D eigenvalue weighted by atomic mass is 10.2. The van der Waals surface area contributed by atoms with Crippen molar-refractivity contribution in [2.24, 2.45) is 4.99 Å². The summed E-state index contributed by atoms with van der Waals surface area (Å²) in [5.74, 6) is 0.587. The van der Waals surface area contributed by atoms with Gasteiger partial charge < -0.3 is 15.1 Å². The van der Waals surface area contributed by atoms with Crippen LogP contribution in [-0.4, -0.2) is 71.8 Å². The second-order valence-corrected chi connectivity index (χ2v) is 7.75. The van der Waals surface area contributed by atoms with E-state index in [-0.39, 0.29) is 5.82 Å². The highest BCUT2D eigenvalue weighted by Gasteiger charge is 2.21. The highest BCUT2D eigenvalue weighted by molar-refractivity contribution is 7.88. The van der Waals surface area contributed by atoms with Crippen LogP contribution in [0.1, 0.15) is 6.42 Å². The molecule has 7 nitrogen and oxygen atoms in total. The quantitative estimate of drug-likeness (QED) is 0.432. The van der Waals surface area contributed by atoms with Gasteiger partial charge in [-0.2, -0.15) is 0 Å². The van der Waals surface area contributed by atoms with Crippen molar-refractivity contribution < 1.29 is 12.8 Å². The maximum Gasteiger partial charge on any atom is 0.208 e. The van der Waals surface area contributed by atoms with Gasteiger partial charge in [0.2, 0.25) is 10.0 Å². The molecule has 1 aliphatic rings. The van der Waals surface area contributed by atoms with E-state index in [0.717, 1.165) is 38.4 Å². The molecule has 140 valence electrons. The molecule has 1 saturated heterocycles. The van der Waals surface area contributed by atoms with Gasteiger partial charge in [-0.1, -0.05) is 12.1 Å². The molecule has 1 aromatic rings. The van der Waals surface area contributed by atoms with E-state index < -0.39 is 10.0 Å². The summed E-state index contributed by atoms with van der Waals surface area (Å²) in [6.07, 6.45) is 1.82. The number of sulfonamides is 1. The van der Waals surface area contributed by atoms with E-state index >= 15 is 0 Å². The second kappa shape index (κ2) is 9.00. The van der Waals surface area contributed by atoms with Gasteiger partial charge in [-0.05, 0) is 18.6 Å². The van der Waals surface area contributed by atoms with Crippen LogP contribution in [0.15, 0.2) is 29.3 Å². The van der Waals surface area contributed by atoms with Crippen LogP contribution in [0.5, 0.6) is 0 Å². The molecule has 2 rings (SSSR count). The predicted octanol–water partition coefficient (Wildman–Crippen LogP) is 0.462. The van der Waals surface area contributed by atoms with Crippen LogP contribution in [-0.2, 0) is 10.0 Å². The largest absolute Gasteiger partial charge is 0.366 e. The number of hydrogen-bond donors (Lipinski definition) is 2. The minimum absolute atomic E-state index is 0.197. The van der Waals surface area contributed by atoms with Crippen molar-refractivity contribution in [3.05, 3.63) is 30.1 Å². The molecule has 25 heavy (non-hydrogen) atoms. The number of halogens is 1. The number of hydrogen-bond acceptors (Lipinski definition) is 4. The molecule has 0 unspecified atom stereocenters. The number of nitrogens with one attached hydrogen (secondary N) is 2.